The Hall–Kier alpha value is -4.12. The van der Waals surface area contributed by atoms with Crippen LogP contribution in [-0.2, 0) is 42.2 Å². The zero-order chi connectivity index (χ0) is 51.3. The fraction of sp³-hybridized carbons (Fsp3) is 0.603. The predicted molar refractivity (Wildman–Crippen MR) is 288 cm³/mol. The van der Waals surface area contributed by atoms with Gasteiger partial charge in [0, 0.05) is 19.3 Å². The van der Waals surface area contributed by atoms with E-state index in [9.17, 15) is 28.9 Å². The van der Waals surface area contributed by atoms with E-state index in [1.807, 2.05) is 30.4 Å². The first-order valence-electron chi connectivity index (χ1n) is 26.4. The molecule has 0 bridgehead atoms. The predicted octanol–water partition coefficient (Wildman–Crippen LogP) is 15.2. The molecule has 0 radical (unpaired) electrons. The maximum Gasteiger partial charge on any atom is 0.472 e. The van der Waals surface area contributed by atoms with Crippen molar-refractivity contribution >= 4 is 25.7 Å². The third-order valence-corrected chi connectivity index (χ3v) is 11.3. The molecule has 0 saturated heterocycles. The summed E-state index contributed by atoms with van der Waals surface area (Å²) in [5.74, 6) is -1.67. The summed E-state index contributed by atoms with van der Waals surface area (Å²) in [4.78, 5) is 48.3. The van der Waals surface area contributed by atoms with Crippen LogP contribution in [0.5, 0.6) is 0 Å². The number of unbranched alkanes of at least 4 members (excludes halogenated alkanes) is 10. The van der Waals surface area contributed by atoms with Crippen molar-refractivity contribution < 1.29 is 52.2 Å². The molecule has 3 unspecified atom stereocenters. The maximum atomic E-state index is 12.9. The van der Waals surface area contributed by atoms with E-state index in [0.29, 0.717) is 19.3 Å². The van der Waals surface area contributed by atoms with Crippen molar-refractivity contribution in [3.63, 3.8) is 0 Å². The molecule has 0 aliphatic heterocycles. The third kappa shape index (κ3) is 48.9. The van der Waals surface area contributed by atoms with E-state index in [0.717, 1.165) is 96.3 Å². The second-order valence-electron chi connectivity index (χ2n) is 16.9. The van der Waals surface area contributed by atoms with Gasteiger partial charge in [-0.2, -0.15) is 0 Å². The number of hydrogen-bond acceptors (Lipinski definition) is 10. The number of carbonyl (C=O) groups is 3. The van der Waals surface area contributed by atoms with Gasteiger partial charge in [0.2, 0.25) is 0 Å². The van der Waals surface area contributed by atoms with Crippen molar-refractivity contribution in [2.75, 3.05) is 26.4 Å². The van der Waals surface area contributed by atoms with Gasteiger partial charge in [-0.25, -0.2) is 4.57 Å². The van der Waals surface area contributed by atoms with E-state index in [1.165, 1.54) is 32.1 Å². The molecule has 0 spiro atoms. The molecule has 11 nitrogen and oxygen atoms in total. The topological polar surface area (TPSA) is 155 Å². The second kappa shape index (κ2) is 51.2. The van der Waals surface area contributed by atoms with Crippen LogP contribution >= 0.6 is 7.82 Å². The van der Waals surface area contributed by atoms with Crippen LogP contribution in [-0.4, -0.2) is 66.5 Å². The summed E-state index contributed by atoms with van der Waals surface area (Å²) in [6.45, 7) is 4.18. The van der Waals surface area contributed by atoms with Gasteiger partial charge in [0.15, 0.2) is 6.10 Å². The molecule has 3 atom stereocenters. The minimum Gasteiger partial charge on any atom is -0.462 e. The first kappa shape index (κ1) is 65.9. The van der Waals surface area contributed by atoms with Gasteiger partial charge in [0.1, 0.15) is 12.7 Å². The van der Waals surface area contributed by atoms with Crippen LogP contribution in [0.2, 0.25) is 0 Å². The minimum atomic E-state index is -4.78. The van der Waals surface area contributed by atoms with Crippen molar-refractivity contribution in [1.82, 2.24) is 0 Å². The molecule has 0 amide bonds. The molecule has 0 aromatic carbocycles. The number of aliphatic hydroxyl groups is 1. The highest BCUT2D eigenvalue weighted by atomic mass is 31.2. The number of allylic oxidation sites excluding steroid dienone is 20. The molecule has 0 aliphatic carbocycles. The Morgan fingerprint density at radius 1 is 0.414 bits per heavy atom. The Labute approximate surface area is 424 Å². The SMILES string of the molecule is CC/C=C\C/C=C\C/C=C\C/C=C\CCC(=O)OCC(COP(=O)(O)OCC(CO)OC(=O)CC/C=C\C/C=C\C/C=C\C/C=C\CC)OC(=O)CCCCCCCCC/C=C\C/C=C\CCCCC. The second-order valence-corrected chi connectivity index (χ2v) is 18.4. The lowest BCUT2D eigenvalue weighted by atomic mass is 10.1. The van der Waals surface area contributed by atoms with E-state index < -0.39 is 57.8 Å². The number of esters is 3. The first-order chi connectivity index (χ1) is 34.2. The van der Waals surface area contributed by atoms with Crippen LogP contribution < -0.4 is 0 Å². The standard InChI is InChI=1S/C58H93O11P/c1-4-7-10-13-16-19-22-25-26-27-28-31-34-37-40-43-46-49-58(62)69-55(51-65-56(60)47-44-41-38-35-32-29-23-20-17-14-11-8-5-2)53-67-70(63,64)66-52-54(50-59)68-57(61)48-45-42-39-36-33-30-24-21-18-15-12-9-6-3/h8-9,11-12,16-21,25-26,29-30,32-33,38-39,41-42,54-55,59H,4-7,10,13-15,22-24,27-28,31,34-37,40,43-53H2,1-3H3,(H,63,64)/b11-8-,12-9-,19-16-,20-17-,21-18-,26-25-,32-29-,33-30-,41-38-,42-39-. The molecular weight excluding hydrogens is 904 g/mol. The van der Waals surface area contributed by atoms with Gasteiger partial charge >= 0.3 is 25.7 Å². The Balaban J connectivity index is 4.90. The Morgan fingerprint density at radius 2 is 0.771 bits per heavy atom. The summed E-state index contributed by atoms with van der Waals surface area (Å²) >= 11 is 0. The highest BCUT2D eigenvalue weighted by molar-refractivity contribution is 7.47. The number of hydrogen-bond donors (Lipinski definition) is 2. The number of ether oxygens (including phenoxy) is 3. The van der Waals surface area contributed by atoms with Crippen molar-refractivity contribution in [3.05, 3.63) is 122 Å². The van der Waals surface area contributed by atoms with Gasteiger partial charge in [-0.3, -0.25) is 23.4 Å². The van der Waals surface area contributed by atoms with Gasteiger partial charge in [-0.15, -0.1) is 0 Å². The molecular formula is C58H93O11P. The highest BCUT2D eigenvalue weighted by Gasteiger charge is 2.28. The van der Waals surface area contributed by atoms with Gasteiger partial charge < -0.3 is 24.2 Å². The molecule has 0 saturated carbocycles. The van der Waals surface area contributed by atoms with Crippen LogP contribution in [0.3, 0.4) is 0 Å². The molecule has 0 rings (SSSR count). The fourth-order valence-corrected chi connectivity index (χ4v) is 7.20. The van der Waals surface area contributed by atoms with Crippen LogP contribution in [0, 0.1) is 0 Å². The van der Waals surface area contributed by atoms with Gasteiger partial charge in [0.05, 0.1) is 19.8 Å². The summed E-state index contributed by atoms with van der Waals surface area (Å²) in [5, 5.41) is 9.76. The van der Waals surface area contributed by atoms with Crippen molar-refractivity contribution in [1.29, 1.82) is 0 Å². The Kier molecular flexibility index (Phi) is 48.2. The molecule has 0 heterocycles. The lowest BCUT2D eigenvalue weighted by Gasteiger charge is -2.21. The molecule has 0 fully saturated rings. The lowest BCUT2D eigenvalue weighted by molar-refractivity contribution is -0.161. The summed E-state index contributed by atoms with van der Waals surface area (Å²) in [7, 11) is -4.78. The number of rotatable bonds is 47. The van der Waals surface area contributed by atoms with E-state index in [2.05, 4.69) is 112 Å². The zero-order valence-corrected chi connectivity index (χ0v) is 44.3. The number of aliphatic hydroxyl groups excluding tert-OH is 1. The summed E-state index contributed by atoms with van der Waals surface area (Å²) in [6, 6.07) is 0. The largest absolute Gasteiger partial charge is 0.472 e. The van der Waals surface area contributed by atoms with Crippen molar-refractivity contribution in [3.8, 4) is 0 Å². The number of carbonyl (C=O) groups excluding carboxylic acids is 3. The van der Waals surface area contributed by atoms with E-state index in [1.54, 1.807) is 0 Å². The zero-order valence-electron chi connectivity index (χ0n) is 43.4. The maximum absolute atomic E-state index is 12.9. The van der Waals surface area contributed by atoms with Crippen LogP contribution in [0.15, 0.2) is 122 Å². The van der Waals surface area contributed by atoms with Gasteiger partial charge in [-0.1, -0.05) is 187 Å². The summed E-state index contributed by atoms with van der Waals surface area (Å²) in [6.07, 6.45) is 62.0. The lowest BCUT2D eigenvalue weighted by Crippen LogP contribution is -2.30. The molecule has 70 heavy (non-hydrogen) atoms. The van der Waals surface area contributed by atoms with E-state index >= 15 is 0 Å². The fourth-order valence-electron chi connectivity index (χ4n) is 6.41. The normalized spacial score (nSPS) is 14.4. The molecule has 0 aliphatic rings. The molecule has 0 aromatic heterocycles. The highest BCUT2D eigenvalue weighted by Crippen LogP contribution is 2.43. The average molecular weight is 997 g/mol. The van der Waals surface area contributed by atoms with Crippen molar-refractivity contribution in [2.24, 2.45) is 0 Å². The first-order valence-corrected chi connectivity index (χ1v) is 27.9. The van der Waals surface area contributed by atoms with E-state index in [-0.39, 0.29) is 25.9 Å². The monoisotopic (exact) mass is 997 g/mol. The van der Waals surface area contributed by atoms with Crippen LogP contribution in [0.25, 0.3) is 0 Å². The molecule has 2 N–H and O–H groups in total. The quantitative estimate of drug-likeness (QED) is 0.0197. The third-order valence-electron chi connectivity index (χ3n) is 10.4. The summed E-state index contributed by atoms with van der Waals surface area (Å²) in [5.41, 5.74) is 0. The smallest absolute Gasteiger partial charge is 0.462 e. The minimum absolute atomic E-state index is 0.0448. The van der Waals surface area contributed by atoms with E-state index in [4.69, 9.17) is 23.3 Å². The molecule has 0 aromatic rings. The Bertz CT molecular complexity index is 1630. The molecule has 12 heteroatoms. The summed E-state index contributed by atoms with van der Waals surface area (Å²) < 4.78 is 39.2. The van der Waals surface area contributed by atoms with Crippen LogP contribution in [0.1, 0.15) is 188 Å². The Morgan fingerprint density at radius 3 is 1.23 bits per heavy atom. The number of phosphoric acid groups is 1. The van der Waals surface area contributed by atoms with Gasteiger partial charge in [0.25, 0.3) is 0 Å². The molecule has 396 valence electrons. The van der Waals surface area contributed by atoms with Crippen molar-refractivity contribution in [2.45, 2.75) is 200 Å². The number of phosphoric ester groups is 1. The van der Waals surface area contributed by atoms with Gasteiger partial charge in [-0.05, 0) is 103 Å². The van der Waals surface area contributed by atoms with Crippen LogP contribution in [0.4, 0.5) is 0 Å². The average Bonchev–Trinajstić information content (AvgIpc) is 3.35.